The van der Waals surface area contributed by atoms with Crippen LogP contribution in [0.15, 0.2) is 60.7 Å². The van der Waals surface area contributed by atoms with E-state index in [-0.39, 0.29) is 10.8 Å². The Balaban J connectivity index is 1.95. The van der Waals surface area contributed by atoms with Crippen molar-refractivity contribution in [1.82, 2.24) is 0 Å². The second-order valence-electron chi connectivity index (χ2n) is 9.96. The van der Waals surface area contributed by atoms with Crippen LogP contribution >= 0.6 is 0 Å². The predicted octanol–water partition coefficient (Wildman–Crippen LogP) is 7.91. The lowest BCUT2D eigenvalue weighted by molar-refractivity contribution is 0.506. The van der Waals surface area contributed by atoms with Gasteiger partial charge in [-0.2, -0.15) is 0 Å². The van der Waals surface area contributed by atoms with E-state index in [9.17, 15) is 0 Å². The van der Waals surface area contributed by atoms with E-state index < -0.39 is 0 Å². The van der Waals surface area contributed by atoms with Gasteiger partial charge in [-0.1, -0.05) is 96.1 Å². The molecule has 144 valence electrons. The molecule has 0 saturated carbocycles. The van der Waals surface area contributed by atoms with Crippen molar-refractivity contribution in [3.05, 3.63) is 82.9 Å². The highest BCUT2D eigenvalue weighted by Crippen LogP contribution is 2.46. The maximum Gasteiger partial charge on any atom is -0.00130 e. The molecule has 0 aliphatic heterocycles. The standard InChI is InChI=1S/C28H32/c1-7-28(5,6)23-17-21-15-20-16-22(27(2,3)4)13-14-24(20)26(21)25(18-23)19-11-9-8-10-12-19/h8-14,16-18H,7,15H2,1-6H3. The fourth-order valence-corrected chi connectivity index (χ4v) is 4.26. The van der Waals surface area contributed by atoms with Crippen LogP contribution < -0.4 is 0 Å². The first kappa shape index (κ1) is 19.0. The van der Waals surface area contributed by atoms with Gasteiger partial charge in [0.25, 0.3) is 0 Å². The van der Waals surface area contributed by atoms with Gasteiger partial charge in [-0.15, -0.1) is 0 Å². The maximum atomic E-state index is 2.47. The van der Waals surface area contributed by atoms with Gasteiger partial charge in [0, 0.05) is 0 Å². The van der Waals surface area contributed by atoms with Crippen molar-refractivity contribution in [3.8, 4) is 22.3 Å². The molecule has 0 amide bonds. The van der Waals surface area contributed by atoms with Gasteiger partial charge >= 0.3 is 0 Å². The molecule has 0 nitrogen and oxygen atoms in total. The van der Waals surface area contributed by atoms with Crippen LogP contribution in [0, 0.1) is 0 Å². The Bertz CT molecular complexity index is 1010. The van der Waals surface area contributed by atoms with Gasteiger partial charge in [0.1, 0.15) is 0 Å². The van der Waals surface area contributed by atoms with Crippen molar-refractivity contribution in [2.45, 2.75) is 65.2 Å². The summed E-state index contributed by atoms with van der Waals surface area (Å²) in [6.45, 7) is 13.9. The van der Waals surface area contributed by atoms with Gasteiger partial charge in [-0.3, -0.25) is 0 Å². The van der Waals surface area contributed by atoms with Crippen molar-refractivity contribution in [3.63, 3.8) is 0 Å². The molecule has 0 bridgehead atoms. The molecular formula is C28H32. The summed E-state index contributed by atoms with van der Waals surface area (Å²) in [6.07, 6.45) is 2.18. The van der Waals surface area contributed by atoms with Crippen LogP contribution in [0.25, 0.3) is 22.3 Å². The van der Waals surface area contributed by atoms with E-state index in [2.05, 4.69) is 102 Å². The highest BCUT2D eigenvalue weighted by atomic mass is 14.3. The molecule has 0 radical (unpaired) electrons. The van der Waals surface area contributed by atoms with E-state index in [0.717, 1.165) is 12.8 Å². The van der Waals surface area contributed by atoms with Crippen LogP contribution in [-0.2, 0) is 17.3 Å². The maximum absolute atomic E-state index is 2.47. The number of rotatable bonds is 3. The van der Waals surface area contributed by atoms with Crippen molar-refractivity contribution < 1.29 is 0 Å². The van der Waals surface area contributed by atoms with Crippen LogP contribution in [0.1, 0.15) is 70.2 Å². The monoisotopic (exact) mass is 368 g/mol. The summed E-state index contributed by atoms with van der Waals surface area (Å²) in [7, 11) is 0. The molecule has 0 unspecified atom stereocenters. The third-order valence-electron chi connectivity index (χ3n) is 6.59. The highest BCUT2D eigenvalue weighted by molar-refractivity contribution is 5.91. The molecule has 3 aromatic rings. The second-order valence-corrected chi connectivity index (χ2v) is 9.96. The van der Waals surface area contributed by atoms with E-state index in [4.69, 9.17) is 0 Å². The van der Waals surface area contributed by atoms with E-state index in [1.54, 1.807) is 0 Å². The first-order valence-corrected chi connectivity index (χ1v) is 10.6. The van der Waals surface area contributed by atoms with Crippen LogP contribution in [0.4, 0.5) is 0 Å². The normalized spacial score (nSPS) is 13.4. The summed E-state index contributed by atoms with van der Waals surface area (Å²) in [4.78, 5) is 0. The molecule has 0 saturated heterocycles. The number of benzene rings is 3. The summed E-state index contributed by atoms with van der Waals surface area (Å²) in [5, 5.41) is 0. The Hall–Kier alpha value is -2.34. The fourth-order valence-electron chi connectivity index (χ4n) is 4.26. The highest BCUT2D eigenvalue weighted by Gasteiger charge is 2.28. The molecule has 0 N–H and O–H groups in total. The van der Waals surface area contributed by atoms with E-state index >= 15 is 0 Å². The lowest BCUT2D eigenvalue weighted by Gasteiger charge is -2.26. The minimum absolute atomic E-state index is 0.182. The SMILES string of the molecule is CCC(C)(C)c1cc2c(c(-c3ccccc3)c1)-c1ccc(C(C)(C)C)cc1C2. The minimum atomic E-state index is 0.182. The molecule has 3 aromatic carbocycles. The van der Waals surface area contributed by atoms with Gasteiger partial charge in [0.15, 0.2) is 0 Å². The second kappa shape index (κ2) is 6.62. The Kier molecular flexibility index (Phi) is 4.49. The van der Waals surface area contributed by atoms with Crippen molar-refractivity contribution in [2.75, 3.05) is 0 Å². The van der Waals surface area contributed by atoms with E-state index in [1.807, 2.05) is 0 Å². The molecule has 0 heterocycles. The largest absolute Gasteiger partial charge is 0.0646 e. The Morgan fingerprint density at radius 2 is 1.39 bits per heavy atom. The molecule has 28 heavy (non-hydrogen) atoms. The molecule has 4 rings (SSSR count). The van der Waals surface area contributed by atoms with Gasteiger partial charge in [0.2, 0.25) is 0 Å². The van der Waals surface area contributed by atoms with Crippen molar-refractivity contribution in [1.29, 1.82) is 0 Å². The third-order valence-corrected chi connectivity index (χ3v) is 6.59. The summed E-state index contributed by atoms with van der Waals surface area (Å²) in [5.74, 6) is 0. The number of hydrogen-bond donors (Lipinski definition) is 0. The van der Waals surface area contributed by atoms with Gasteiger partial charge in [-0.25, -0.2) is 0 Å². The summed E-state index contributed by atoms with van der Waals surface area (Å²) in [6, 6.07) is 23.0. The zero-order valence-corrected chi connectivity index (χ0v) is 18.2. The first-order valence-electron chi connectivity index (χ1n) is 10.6. The lowest BCUT2D eigenvalue weighted by atomic mass is 9.79. The van der Waals surface area contributed by atoms with Gasteiger partial charge in [0.05, 0.1) is 0 Å². The lowest BCUT2D eigenvalue weighted by Crippen LogP contribution is -2.16. The zero-order valence-electron chi connectivity index (χ0n) is 18.2. The quantitative estimate of drug-likeness (QED) is 0.344. The van der Waals surface area contributed by atoms with Crippen LogP contribution in [-0.4, -0.2) is 0 Å². The van der Waals surface area contributed by atoms with Crippen molar-refractivity contribution in [2.24, 2.45) is 0 Å². The third kappa shape index (κ3) is 3.20. The van der Waals surface area contributed by atoms with Gasteiger partial charge in [-0.05, 0) is 74.2 Å². The van der Waals surface area contributed by atoms with Gasteiger partial charge < -0.3 is 0 Å². The molecular weight excluding hydrogens is 336 g/mol. The molecule has 0 atom stereocenters. The Labute approximate surface area is 170 Å². The summed E-state index contributed by atoms with van der Waals surface area (Å²) in [5.41, 5.74) is 11.8. The average molecular weight is 369 g/mol. The average Bonchev–Trinajstić information content (AvgIpc) is 3.05. The molecule has 0 spiro atoms. The molecule has 0 heteroatoms. The molecule has 1 aliphatic carbocycles. The summed E-state index contributed by atoms with van der Waals surface area (Å²) >= 11 is 0. The zero-order chi connectivity index (χ0) is 20.1. The molecule has 0 fully saturated rings. The minimum Gasteiger partial charge on any atom is -0.0646 e. The fraction of sp³-hybridized carbons (Fsp3) is 0.357. The number of fused-ring (bicyclic) bond motifs is 3. The van der Waals surface area contributed by atoms with E-state index in [1.165, 1.54) is 44.5 Å². The smallest absolute Gasteiger partial charge is 0.00130 e. The first-order chi connectivity index (χ1) is 13.2. The molecule has 1 aliphatic rings. The Morgan fingerprint density at radius 3 is 2.04 bits per heavy atom. The van der Waals surface area contributed by atoms with Crippen molar-refractivity contribution >= 4 is 0 Å². The molecule has 0 aromatic heterocycles. The van der Waals surface area contributed by atoms with E-state index in [0.29, 0.717) is 0 Å². The predicted molar refractivity (Wildman–Crippen MR) is 122 cm³/mol. The van der Waals surface area contributed by atoms with Crippen LogP contribution in [0.2, 0.25) is 0 Å². The topological polar surface area (TPSA) is 0 Å². The summed E-state index contributed by atoms with van der Waals surface area (Å²) < 4.78 is 0. The number of hydrogen-bond acceptors (Lipinski definition) is 0. The van der Waals surface area contributed by atoms with Crippen LogP contribution in [0.3, 0.4) is 0 Å². The Morgan fingerprint density at radius 1 is 0.714 bits per heavy atom. The van der Waals surface area contributed by atoms with Crippen LogP contribution in [0.5, 0.6) is 0 Å².